The maximum Gasteiger partial charge on any atom is 0.0781 e. The summed E-state index contributed by atoms with van der Waals surface area (Å²) >= 11 is 0. The minimum Gasteiger partial charge on any atom is -0.379 e. The molecule has 0 aliphatic carbocycles. The van der Waals surface area contributed by atoms with Crippen LogP contribution in [0.1, 0.15) is 20.8 Å². The smallest absolute Gasteiger partial charge is 0.0781 e. The first-order valence-corrected chi connectivity index (χ1v) is 5.35. The molecule has 0 spiro atoms. The fraction of sp³-hybridized carbons (Fsp3) is 1.00. The van der Waals surface area contributed by atoms with Crippen molar-refractivity contribution in [3.05, 3.63) is 0 Å². The van der Waals surface area contributed by atoms with Gasteiger partial charge in [-0.05, 0) is 20.8 Å². The molecule has 0 aliphatic heterocycles. The molecule has 0 saturated heterocycles. The van der Waals surface area contributed by atoms with E-state index in [9.17, 15) is 0 Å². The Balaban J connectivity index is 3.37. The number of methoxy groups -OCH3 is 2. The quantitative estimate of drug-likeness (QED) is 0.590. The summed E-state index contributed by atoms with van der Waals surface area (Å²) < 4.78 is 21.1. The molecule has 0 amide bonds. The maximum absolute atomic E-state index is 5.52. The highest BCUT2D eigenvalue weighted by Crippen LogP contribution is 1.97. The van der Waals surface area contributed by atoms with Crippen molar-refractivity contribution < 1.29 is 18.9 Å². The van der Waals surface area contributed by atoms with E-state index in [0.717, 1.165) is 0 Å². The number of rotatable bonds is 9. The van der Waals surface area contributed by atoms with E-state index in [2.05, 4.69) is 0 Å². The van der Waals surface area contributed by atoms with Crippen LogP contribution in [0.25, 0.3) is 0 Å². The molecule has 0 fully saturated rings. The van der Waals surface area contributed by atoms with Crippen LogP contribution in [-0.4, -0.2) is 52.4 Å². The fourth-order valence-corrected chi connectivity index (χ4v) is 0.884. The van der Waals surface area contributed by atoms with Gasteiger partial charge in [0.15, 0.2) is 0 Å². The Hall–Kier alpha value is -0.160. The van der Waals surface area contributed by atoms with E-state index in [0.29, 0.717) is 19.8 Å². The summed E-state index contributed by atoms with van der Waals surface area (Å²) in [5, 5.41) is 0. The van der Waals surface area contributed by atoms with Crippen LogP contribution in [0.4, 0.5) is 0 Å². The lowest BCUT2D eigenvalue weighted by molar-refractivity contribution is -0.0606. The normalized spacial score (nSPS) is 17.4. The van der Waals surface area contributed by atoms with E-state index in [1.165, 1.54) is 0 Å². The van der Waals surface area contributed by atoms with Gasteiger partial charge in [0.2, 0.25) is 0 Å². The molecule has 0 aromatic carbocycles. The van der Waals surface area contributed by atoms with Crippen LogP contribution in [0.2, 0.25) is 0 Å². The van der Waals surface area contributed by atoms with Crippen LogP contribution in [0.15, 0.2) is 0 Å². The molecule has 0 rings (SSSR count). The average molecular weight is 220 g/mol. The summed E-state index contributed by atoms with van der Waals surface area (Å²) in [5.74, 6) is 0. The van der Waals surface area contributed by atoms with E-state index in [4.69, 9.17) is 18.9 Å². The zero-order valence-electron chi connectivity index (χ0n) is 10.5. The summed E-state index contributed by atoms with van der Waals surface area (Å²) in [4.78, 5) is 0. The molecule has 0 saturated carbocycles. The van der Waals surface area contributed by atoms with E-state index < -0.39 is 0 Å². The van der Waals surface area contributed by atoms with Crippen molar-refractivity contribution in [1.29, 1.82) is 0 Å². The van der Waals surface area contributed by atoms with Gasteiger partial charge in [-0.1, -0.05) is 0 Å². The molecule has 0 aromatic heterocycles. The minimum absolute atomic E-state index is 0.0895. The van der Waals surface area contributed by atoms with Gasteiger partial charge < -0.3 is 18.9 Å². The van der Waals surface area contributed by atoms with Gasteiger partial charge in [-0.25, -0.2) is 0 Å². The van der Waals surface area contributed by atoms with Crippen LogP contribution in [-0.2, 0) is 18.9 Å². The van der Waals surface area contributed by atoms with Gasteiger partial charge in [0.1, 0.15) is 0 Å². The Morgan fingerprint density at radius 1 is 0.733 bits per heavy atom. The van der Waals surface area contributed by atoms with Gasteiger partial charge in [-0.15, -0.1) is 0 Å². The monoisotopic (exact) mass is 220 g/mol. The first-order chi connectivity index (χ1) is 7.10. The Bertz CT molecular complexity index is 141. The lowest BCUT2D eigenvalue weighted by Gasteiger charge is -2.17. The van der Waals surface area contributed by atoms with E-state index in [-0.39, 0.29) is 18.3 Å². The minimum atomic E-state index is 0.0895. The molecule has 0 aliphatic rings. The largest absolute Gasteiger partial charge is 0.379 e. The van der Waals surface area contributed by atoms with Crippen molar-refractivity contribution in [1.82, 2.24) is 0 Å². The van der Waals surface area contributed by atoms with Crippen LogP contribution in [0.5, 0.6) is 0 Å². The van der Waals surface area contributed by atoms with Crippen LogP contribution in [0, 0.1) is 0 Å². The summed E-state index contributed by atoms with van der Waals surface area (Å²) in [7, 11) is 3.35. The lowest BCUT2D eigenvalue weighted by atomic mass is 10.4. The predicted molar refractivity (Wildman–Crippen MR) is 59.2 cm³/mol. The molecule has 4 heteroatoms. The number of hydrogen-bond donors (Lipinski definition) is 0. The number of hydrogen-bond acceptors (Lipinski definition) is 4. The van der Waals surface area contributed by atoms with Gasteiger partial charge in [0.25, 0.3) is 0 Å². The third-order valence-corrected chi connectivity index (χ3v) is 2.13. The van der Waals surface area contributed by atoms with Crippen molar-refractivity contribution in [3.63, 3.8) is 0 Å². The maximum atomic E-state index is 5.52. The highest BCUT2D eigenvalue weighted by Gasteiger charge is 2.07. The van der Waals surface area contributed by atoms with Gasteiger partial charge in [-0.2, -0.15) is 0 Å². The fourth-order valence-electron chi connectivity index (χ4n) is 0.884. The molecular weight excluding hydrogens is 196 g/mol. The third-order valence-electron chi connectivity index (χ3n) is 2.13. The first kappa shape index (κ1) is 14.8. The topological polar surface area (TPSA) is 36.9 Å². The first-order valence-electron chi connectivity index (χ1n) is 5.35. The van der Waals surface area contributed by atoms with Gasteiger partial charge in [0, 0.05) is 14.2 Å². The SMILES string of the molecule is COC(C)COCC(C)OCC(C)OC. The summed E-state index contributed by atoms with van der Waals surface area (Å²) in [6, 6.07) is 0. The zero-order chi connectivity index (χ0) is 11.7. The van der Waals surface area contributed by atoms with Gasteiger partial charge >= 0.3 is 0 Å². The summed E-state index contributed by atoms with van der Waals surface area (Å²) in [6.45, 7) is 7.72. The molecule has 0 aromatic rings. The molecule has 0 bridgehead atoms. The average Bonchev–Trinajstić information content (AvgIpc) is 2.25. The van der Waals surface area contributed by atoms with Crippen LogP contribution < -0.4 is 0 Å². The van der Waals surface area contributed by atoms with E-state index in [1.807, 2.05) is 20.8 Å². The molecule has 0 heterocycles. The summed E-state index contributed by atoms with van der Waals surface area (Å²) in [6.07, 6.45) is 0.354. The Kier molecular flexibility index (Phi) is 9.00. The van der Waals surface area contributed by atoms with Gasteiger partial charge in [0.05, 0.1) is 38.1 Å². The number of ether oxygens (including phenoxy) is 4. The van der Waals surface area contributed by atoms with Crippen molar-refractivity contribution in [2.24, 2.45) is 0 Å². The molecule has 0 N–H and O–H groups in total. The standard InChI is InChI=1S/C11H24O4/c1-9(12-4)6-14-7-11(3)15-8-10(2)13-5/h9-11H,6-8H2,1-5H3. The summed E-state index contributed by atoms with van der Waals surface area (Å²) in [5.41, 5.74) is 0. The molecular formula is C11H24O4. The Morgan fingerprint density at radius 2 is 1.20 bits per heavy atom. The van der Waals surface area contributed by atoms with E-state index in [1.54, 1.807) is 14.2 Å². The highest BCUT2D eigenvalue weighted by molar-refractivity contribution is 4.53. The highest BCUT2D eigenvalue weighted by atomic mass is 16.6. The van der Waals surface area contributed by atoms with E-state index >= 15 is 0 Å². The van der Waals surface area contributed by atoms with Crippen molar-refractivity contribution in [2.75, 3.05) is 34.0 Å². The lowest BCUT2D eigenvalue weighted by Crippen LogP contribution is -2.24. The van der Waals surface area contributed by atoms with Crippen LogP contribution in [0.3, 0.4) is 0 Å². The molecule has 92 valence electrons. The second kappa shape index (κ2) is 9.09. The molecule has 3 unspecified atom stereocenters. The molecule has 15 heavy (non-hydrogen) atoms. The molecule has 4 nitrogen and oxygen atoms in total. The third kappa shape index (κ3) is 8.81. The zero-order valence-corrected chi connectivity index (χ0v) is 10.5. The second-order valence-electron chi connectivity index (χ2n) is 3.77. The molecule has 3 atom stereocenters. The van der Waals surface area contributed by atoms with Crippen molar-refractivity contribution >= 4 is 0 Å². The molecule has 0 radical (unpaired) electrons. The predicted octanol–water partition coefficient (Wildman–Crippen LogP) is 1.48. The van der Waals surface area contributed by atoms with Gasteiger partial charge in [-0.3, -0.25) is 0 Å². The Labute approximate surface area is 92.8 Å². The van der Waals surface area contributed by atoms with Crippen molar-refractivity contribution in [3.8, 4) is 0 Å². The van der Waals surface area contributed by atoms with Crippen molar-refractivity contribution in [2.45, 2.75) is 39.1 Å². The second-order valence-corrected chi connectivity index (χ2v) is 3.77. The Morgan fingerprint density at radius 3 is 1.73 bits per heavy atom. The van der Waals surface area contributed by atoms with Crippen LogP contribution >= 0.6 is 0 Å².